The fraction of sp³-hybridized carbons (Fsp3) is 0.692. The number of hydrogen-bond donors (Lipinski definition) is 0. The van der Waals surface area contributed by atoms with Gasteiger partial charge in [0.05, 0.1) is 5.60 Å². The lowest BCUT2D eigenvalue weighted by molar-refractivity contribution is 0.303. The van der Waals surface area contributed by atoms with Crippen molar-refractivity contribution in [1.29, 1.82) is 0 Å². The first-order valence-corrected chi connectivity index (χ1v) is 5.56. The maximum absolute atomic E-state index is 5.67. The van der Waals surface area contributed by atoms with Crippen LogP contribution in [0, 0.1) is 0 Å². The molecule has 80 valence electrons. The molecule has 2 atom stereocenters. The van der Waals surface area contributed by atoms with Crippen molar-refractivity contribution in [3.05, 3.63) is 23.8 Å². The van der Waals surface area contributed by atoms with E-state index in [2.05, 4.69) is 45.9 Å². The van der Waals surface area contributed by atoms with E-state index in [1.165, 1.54) is 5.57 Å². The maximum atomic E-state index is 5.67. The third-order valence-corrected chi connectivity index (χ3v) is 2.68. The van der Waals surface area contributed by atoms with Crippen LogP contribution in [0.15, 0.2) is 23.8 Å². The average molecular weight is 194 g/mol. The molecule has 0 bridgehead atoms. The van der Waals surface area contributed by atoms with Crippen molar-refractivity contribution in [2.45, 2.75) is 58.7 Å². The molecule has 0 aromatic heterocycles. The van der Waals surface area contributed by atoms with E-state index in [0.717, 1.165) is 19.3 Å². The summed E-state index contributed by atoms with van der Waals surface area (Å²) in [5.74, 6) is 0. The molecule has 0 amide bonds. The zero-order chi connectivity index (χ0) is 10.6. The SMILES string of the molecule is CC/C=C\[C@@H]1O[C@@]1(C)CCC=C(C)C. The van der Waals surface area contributed by atoms with E-state index in [9.17, 15) is 0 Å². The normalized spacial score (nSPS) is 30.7. The molecular weight excluding hydrogens is 172 g/mol. The predicted octanol–water partition coefficient (Wildman–Crippen LogP) is 3.86. The summed E-state index contributed by atoms with van der Waals surface area (Å²) < 4.78 is 5.67. The van der Waals surface area contributed by atoms with E-state index < -0.39 is 0 Å². The minimum Gasteiger partial charge on any atom is -0.362 e. The number of hydrogen-bond acceptors (Lipinski definition) is 1. The summed E-state index contributed by atoms with van der Waals surface area (Å²) in [6, 6.07) is 0. The van der Waals surface area contributed by atoms with Gasteiger partial charge in [0.2, 0.25) is 0 Å². The van der Waals surface area contributed by atoms with Gasteiger partial charge in [-0.1, -0.05) is 30.7 Å². The lowest BCUT2D eigenvalue weighted by Gasteiger charge is -2.02. The molecule has 1 heterocycles. The molecule has 14 heavy (non-hydrogen) atoms. The second-order valence-electron chi connectivity index (χ2n) is 4.51. The van der Waals surface area contributed by atoms with Crippen molar-refractivity contribution in [1.82, 2.24) is 0 Å². The number of rotatable bonds is 5. The van der Waals surface area contributed by atoms with Crippen LogP contribution in [-0.4, -0.2) is 11.7 Å². The van der Waals surface area contributed by atoms with Crippen molar-refractivity contribution < 1.29 is 4.74 Å². The molecule has 0 aliphatic carbocycles. The minimum atomic E-state index is 0.123. The highest BCUT2D eigenvalue weighted by molar-refractivity contribution is 5.11. The molecule has 0 saturated carbocycles. The summed E-state index contributed by atoms with van der Waals surface area (Å²) in [6.07, 6.45) is 10.4. The standard InChI is InChI=1S/C13H22O/c1-5-6-9-12-13(4,14-12)10-7-8-11(2)3/h6,8-9,12H,5,7,10H2,1-4H3/b9-6-/t12-,13-/m0/s1. The monoisotopic (exact) mass is 194 g/mol. The third kappa shape index (κ3) is 3.30. The van der Waals surface area contributed by atoms with Gasteiger partial charge in [-0.05, 0) is 40.0 Å². The summed E-state index contributed by atoms with van der Waals surface area (Å²) in [7, 11) is 0. The number of ether oxygens (including phenoxy) is 1. The molecule has 1 heteroatoms. The van der Waals surface area contributed by atoms with Crippen LogP contribution in [-0.2, 0) is 4.74 Å². The molecule has 1 nitrogen and oxygen atoms in total. The van der Waals surface area contributed by atoms with Crippen molar-refractivity contribution in [3.8, 4) is 0 Å². The van der Waals surface area contributed by atoms with Crippen molar-refractivity contribution in [3.63, 3.8) is 0 Å². The molecule has 0 spiro atoms. The summed E-state index contributed by atoms with van der Waals surface area (Å²) in [5.41, 5.74) is 1.52. The average Bonchev–Trinajstić information content (AvgIpc) is 2.73. The van der Waals surface area contributed by atoms with E-state index in [4.69, 9.17) is 4.74 Å². The van der Waals surface area contributed by atoms with Crippen LogP contribution < -0.4 is 0 Å². The first-order chi connectivity index (χ1) is 6.58. The van der Waals surface area contributed by atoms with Gasteiger partial charge in [0.15, 0.2) is 0 Å². The fourth-order valence-electron chi connectivity index (χ4n) is 1.61. The smallest absolute Gasteiger partial charge is 0.105 e. The van der Waals surface area contributed by atoms with Gasteiger partial charge in [0.1, 0.15) is 6.10 Å². The Kier molecular flexibility index (Phi) is 3.94. The molecule has 1 aliphatic heterocycles. The third-order valence-electron chi connectivity index (χ3n) is 2.68. The van der Waals surface area contributed by atoms with Crippen molar-refractivity contribution in [2.24, 2.45) is 0 Å². The molecule has 0 N–H and O–H groups in total. The molecule has 1 saturated heterocycles. The van der Waals surface area contributed by atoms with Gasteiger partial charge in [0.25, 0.3) is 0 Å². The summed E-state index contributed by atoms with van der Waals surface area (Å²) in [5, 5.41) is 0. The van der Waals surface area contributed by atoms with Crippen molar-refractivity contribution in [2.75, 3.05) is 0 Å². The van der Waals surface area contributed by atoms with Crippen LogP contribution in [0.25, 0.3) is 0 Å². The Hall–Kier alpha value is -0.560. The highest BCUT2D eigenvalue weighted by Crippen LogP contribution is 2.41. The number of epoxide rings is 1. The van der Waals surface area contributed by atoms with Gasteiger partial charge < -0.3 is 4.74 Å². The second kappa shape index (κ2) is 4.79. The molecule has 0 aromatic carbocycles. The van der Waals surface area contributed by atoms with Crippen molar-refractivity contribution >= 4 is 0 Å². The Bertz CT molecular complexity index is 236. The Morgan fingerprint density at radius 1 is 1.43 bits per heavy atom. The van der Waals surface area contributed by atoms with E-state index in [1.807, 2.05) is 0 Å². The lowest BCUT2D eigenvalue weighted by Crippen LogP contribution is -2.07. The van der Waals surface area contributed by atoms with Gasteiger partial charge >= 0.3 is 0 Å². The quantitative estimate of drug-likeness (QED) is 0.478. The van der Waals surface area contributed by atoms with E-state index in [1.54, 1.807) is 0 Å². The Morgan fingerprint density at radius 2 is 2.14 bits per heavy atom. The fourth-order valence-corrected chi connectivity index (χ4v) is 1.61. The molecule has 1 fully saturated rings. The van der Waals surface area contributed by atoms with Crippen LogP contribution in [0.1, 0.15) is 47.0 Å². The minimum absolute atomic E-state index is 0.123. The Labute approximate surface area is 87.8 Å². The number of allylic oxidation sites excluding steroid dienone is 3. The topological polar surface area (TPSA) is 12.5 Å². The molecular formula is C13H22O. The molecule has 1 aliphatic rings. The predicted molar refractivity (Wildman–Crippen MR) is 61.4 cm³/mol. The highest BCUT2D eigenvalue weighted by atomic mass is 16.6. The summed E-state index contributed by atoms with van der Waals surface area (Å²) in [4.78, 5) is 0. The molecule has 0 aromatic rings. The summed E-state index contributed by atoms with van der Waals surface area (Å²) >= 11 is 0. The molecule has 0 unspecified atom stereocenters. The van der Waals surface area contributed by atoms with E-state index >= 15 is 0 Å². The van der Waals surface area contributed by atoms with E-state index in [-0.39, 0.29) is 5.60 Å². The molecule has 0 radical (unpaired) electrons. The lowest BCUT2D eigenvalue weighted by atomic mass is 10.0. The van der Waals surface area contributed by atoms with Crippen LogP contribution >= 0.6 is 0 Å². The zero-order valence-electron chi connectivity index (χ0n) is 9.84. The van der Waals surface area contributed by atoms with Gasteiger partial charge in [-0.25, -0.2) is 0 Å². The van der Waals surface area contributed by atoms with Crippen LogP contribution in [0.5, 0.6) is 0 Å². The first-order valence-electron chi connectivity index (χ1n) is 5.56. The maximum Gasteiger partial charge on any atom is 0.105 e. The van der Waals surface area contributed by atoms with Gasteiger partial charge in [0, 0.05) is 0 Å². The van der Waals surface area contributed by atoms with Gasteiger partial charge in [-0.15, -0.1) is 0 Å². The Balaban J connectivity index is 2.26. The largest absolute Gasteiger partial charge is 0.362 e. The zero-order valence-corrected chi connectivity index (χ0v) is 9.84. The highest BCUT2D eigenvalue weighted by Gasteiger charge is 2.49. The molecule has 1 rings (SSSR count). The Morgan fingerprint density at radius 3 is 2.71 bits per heavy atom. The van der Waals surface area contributed by atoms with E-state index in [0.29, 0.717) is 6.10 Å². The van der Waals surface area contributed by atoms with Gasteiger partial charge in [-0.2, -0.15) is 0 Å². The summed E-state index contributed by atoms with van der Waals surface area (Å²) in [6.45, 7) is 8.64. The second-order valence-corrected chi connectivity index (χ2v) is 4.51. The van der Waals surface area contributed by atoms with Crippen LogP contribution in [0.2, 0.25) is 0 Å². The van der Waals surface area contributed by atoms with Crippen LogP contribution in [0.3, 0.4) is 0 Å². The van der Waals surface area contributed by atoms with Crippen LogP contribution in [0.4, 0.5) is 0 Å². The van der Waals surface area contributed by atoms with Gasteiger partial charge in [-0.3, -0.25) is 0 Å². The first kappa shape index (κ1) is 11.5.